The summed E-state index contributed by atoms with van der Waals surface area (Å²) in [5, 5.41) is 12.6. The average Bonchev–Trinajstić information content (AvgIpc) is 3.29. The molecule has 8 heteroatoms. The number of rotatable bonds is 8. The van der Waals surface area contributed by atoms with Crippen LogP contribution in [-0.2, 0) is 11.2 Å². The lowest BCUT2D eigenvalue weighted by Crippen LogP contribution is -2.29. The van der Waals surface area contributed by atoms with Gasteiger partial charge in [0.2, 0.25) is 0 Å². The number of fused-ring (bicyclic) bond motifs is 2. The predicted molar refractivity (Wildman–Crippen MR) is 137 cm³/mol. The quantitative estimate of drug-likeness (QED) is 0.304. The minimum absolute atomic E-state index is 0.107. The maximum Gasteiger partial charge on any atom is 0.303 e. The van der Waals surface area contributed by atoms with Crippen LogP contribution in [0.5, 0.6) is 5.75 Å². The van der Waals surface area contributed by atoms with Gasteiger partial charge in [0, 0.05) is 28.1 Å². The molecule has 2 N–H and O–H groups in total. The van der Waals surface area contributed by atoms with Crippen LogP contribution in [0.1, 0.15) is 46.9 Å². The summed E-state index contributed by atoms with van der Waals surface area (Å²) in [5.41, 5.74) is 5.08. The van der Waals surface area contributed by atoms with Crippen molar-refractivity contribution >= 4 is 34.5 Å². The van der Waals surface area contributed by atoms with E-state index >= 15 is 0 Å². The van der Waals surface area contributed by atoms with Crippen LogP contribution < -0.4 is 10.1 Å². The number of halogens is 1. The van der Waals surface area contributed by atoms with Crippen LogP contribution in [0.4, 0.5) is 0 Å². The molecule has 4 aromatic rings. The number of carboxylic acids is 1. The molecular formula is C28H24ClN3O4. The van der Waals surface area contributed by atoms with E-state index in [9.17, 15) is 9.59 Å². The van der Waals surface area contributed by atoms with Gasteiger partial charge in [-0.2, -0.15) is 0 Å². The molecule has 1 aliphatic heterocycles. The summed E-state index contributed by atoms with van der Waals surface area (Å²) in [6.07, 6.45) is 1.88. The number of para-hydroxylation sites is 1. The SMILES string of the molecule is O=C(O)CCCCc1nc2cc(C(=O)NC3COc4ccccc43)ccc2nc1-c1ccc(Cl)cc1. The van der Waals surface area contributed by atoms with Gasteiger partial charge >= 0.3 is 5.97 Å². The minimum Gasteiger partial charge on any atom is -0.491 e. The van der Waals surface area contributed by atoms with Crippen LogP contribution in [0.15, 0.2) is 66.7 Å². The third-order valence-electron chi connectivity index (χ3n) is 6.18. The zero-order valence-electron chi connectivity index (χ0n) is 19.4. The number of carboxylic acid groups (broad SMARTS) is 1. The van der Waals surface area contributed by atoms with E-state index in [1.54, 1.807) is 30.3 Å². The molecule has 1 aromatic heterocycles. The first-order valence-electron chi connectivity index (χ1n) is 11.8. The molecule has 1 aliphatic rings. The van der Waals surface area contributed by atoms with E-state index in [4.69, 9.17) is 31.4 Å². The fourth-order valence-corrected chi connectivity index (χ4v) is 4.46. The highest BCUT2D eigenvalue weighted by atomic mass is 35.5. The van der Waals surface area contributed by atoms with Gasteiger partial charge in [0.25, 0.3) is 5.91 Å². The van der Waals surface area contributed by atoms with Crippen LogP contribution in [0.25, 0.3) is 22.3 Å². The fourth-order valence-electron chi connectivity index (χ4n) is 4.34. The molecule has 36 heavy (non-hydrogen) atoms. The number of carbonyl (C=O) groups excluding carboxylic acids is 1. The van der Waals surface area contributed by atoms with Crippen LogP contribution in [-0.4, -0.2) is 33.6 Å². The molecule has 0 spiro atoms. The third-order valence-corrected chi connectivity index (χ3v) is 6.43. The van der Waals surface area contributed by atoms with E-state index in [-0.39, 0.29) is 18.4 Å². The monoisotopic (exact) mass is 501 g/mol. The Hall–Kier alpha value is -3.97. The zero-order valence-corrected chi connectivity index (χ0v) is 20.2. The van der Waals surface area contributed by atoms with Gasteiger partial charge in [0.15, 0.2) is 0 Å². The number of benzene rings is 3. The molecule has 1 amide bonds. The van der Waals surface area contributed by atoms with Gasteiger partial charge in [-0.15, -0.1) is 0 Å². The summed E-state index contributed by atoms with van der Waals surface area (Å²) >= 11 is 6.06. The molecule has 2 heterocycles. The van der Waals surface area contributed by atoms with Crippen molar-refractivity contribution in [1.82, 2.24) is 15.3 Å². The van der Waals surface area contributed by atoms with Crippen LogP contribution >= 0.6 is 11.6 Å². The van der Waals surface area contributed by atoms with Gasteiger partial charge in [-0.1, -0.05) is 41.9 Å². The normalized spacial score (nSPS) is 14.3. The van der Waals surface area contributed by atoms with Crippen molar-refractivity contribution in [3.05, 3.63) is 88.6 Å². The summed E-state index contributed by atoms with van der Waals surface area (Å²) < 4.78 is 5.68. The van der Waals surface area contributed by atoms with Crippen molar-refractivity contribution in [2.45, 2.75) is 31.7 Å². The lowest BCUT2D eigenvalue weighted by Gasteiger charge is -2.13. The molecule has 0 aliphatic carbocycles. The second-order valence-electron chi connectivity index (χ2n) is 8.71. The number of aromatic nitrogens is 2. The van der Waals surface area contributed by atoms with Gasteiger partial charge in [-0.05, 0) is 55.7 Å². The summed E-state index contributed by atoms with van der Waals surface area (Å²) in [6, 6.07) is 20.1. The van der Waals surface area contributed by atoms with Gasteiger partial charge in [-0.25, -0.2) is 9.97 Å². The Labute approximate surface area is 213 Å². The smallest absolute Gasteiger partial charge is 0.303 e. The Balaban J connectivity index is 1.43. The fraction of sp³-hybridized carbons (Fsp3) is 0.214. The number of hydrogen-bond donors (Lipinski definition) is 2. The Morgan fingerprint density at radius 1 is 1.00 bits per heavy atom. The molecule has 5 rings (SSSR count). The van der Waals surface area contributed by atoms with Crippen molar-refractivity contribution in [3.8, 4) is 17.0 Å². The summed E-state index contributed by atoms with van der Waals surface area (Å²) in [6.45, 7) is 0.392. The topological polar surface area (TPSA) is 101 Å². The maximum absolute atomic E-state index is 13.1. The molecule has 3 aromatic carbocycles. The molecule has 1 unspecified atom stereocenters. The number of aryl methyl sites for hydroxylation is 1. The summed E-state index contributed by atoms with van der Waals surface area (Å²) in [4.78, 5) is 33.7. The summed E-state index contributed by atoms with van der Waals surface area (Å²) in [5.74, 6) is -0.244. The number of nitrogens with one attached hydrogen (secondary N) is 1. The number of aliphatic carboxylic acids is 1. The van der Waals surface area contributed by atoms with E-state index in [0.717, 1.165) is 28.3 Å². The van der Waals surface area contributed by atoms with Gasteiger partial charge in [-0.3, -0.25) is 9.59 Å². The zero-order chi connectivity index (χ0) is 25.1. The number of amides is 1. The van der Waals surface area contributed by atoms with Crippen LogP contribution in [0, 0.1) is 0 Å². The minimum atomic E-state index is -0.816. The van der Waals surface area contributed by atoms with Gasteiger partial charge in [0.1, 0.15) is 12.4 Å². The van der Waals surface area contributed by atoms with Crippen LogP contribution in [0.3, 0.4) is 0 Å². The Kier molecular flexibility index (Phi) is 6.82. The molecule has 1 atom stereocenters. The van der Waals surface area contributed by atoms with Gasteiger partial charge < -0.3 is 15.2 Å². The second kappa shape index (κ2) is 10.3. The van der Waals surface area contributed by atoms with Crippen molar-refractivity contribution in [2.24, 2.45) is 0 Å². The van der Waals surface area contributed by atoms with Gasteiger partial charge in [0.05, 0.1) is 28.5 Å². The highest BCUT2D eigenvalue weighted by Gasteiger charge is 2.25. The first-order valence-corrected chi connectivity index (χ1v) is 12.2. The van der Waals surface area contributed by atoms with E-state index in [1.165, 1.54) is 0 Å². The molecule has 0 saturated carbocycles. The number of carbonyl (C=O) groups is 2. The molecule has 0 fully saturated rings. The van der Waals surface area contributed by atoms with Crippen molar-refractivity contribution in [3.63, 3.8) is 0 Å². The molecule has 0 radical (unpaired) electrons. The first kappa shape index (κ1) is 23.8. The maximum atomic E-state index is 13.1. The largest absolute Gasteiger partial charge is 0.491 e. The predicted octanol–water partition coefficient (Wildman–Crippen LogP) is 5.61. The Morgan fingerprint density at radius 3 is 2.61 bits per heavy atom. The lowest BCUT2D eigenvalue weighted by molar-refractivity contribution is -0.137. The van der Waals surface area contributed by atoms with Crippen LogP contribution in [0.2, 0.25) is 5.02 Å². The van der Waals surface area contributed by atoms with Crippen molar-refractivity contribution in [2.75, 3.05) is 6.61 Å². The number of hydrogen-bond acceptors (Lipinski definition) is 5. The number of ether oxygens (including phenoxy) is 1. The molecule has 182 valence electrons. The lowest BCUT2D eigenvalue weighted by atomic mass is 10.0. The van der Waals surface area contributed by atoms with E-state index in [1.807, 2.05) is 36.4 Å². The highest BCUT2D eigenvalue weighted by Crippen LogP contribution is 2.32. The van der Waals surface area contributed by atoms with E-state index in [2.05, 4.69) is 5.32 Å². The van der Waals surface area contributed by atoms with E-state index < -0.39 is 5.97 Å². The third kappa shape index (κ3) is 5.16. The molecule has 0 bridgehead atoms. The average molecular weight is 502 g/mol. The van der Waals surface area contributed by atoms with E-state index in [0.29, 0.717) is 47.5 Å². The van der Waals surface area contributed by atoms with Crippen molar-refractivity contribution in [1.29, 1.82) is 0 Å². The van der Waals surface area contributed by atoms with Crippen molar-refractivity contribution < 1.29 is 19.4 Å². The summed E-state index contributed by atoms with van der Waals surface area (Å²) in [7, 11) is 0. The second-order valence-corrected chi connectivity index (χ2v) is 9.14. The number of nitrogens with zero attached hydrogens (tertiary/aromatic N) is 2. The molecule has 0 saturated heterocycles. The Bertz CT molecular complexity index is 1440. The first-order chi connectivity index (χ1) is 17.5. The molecular weight excluding hydrogens is 478 g/mol. The molecule has 7 nitrogen and oxygen atoms in total. The number of unbranched alkanes of at least 4 members (excludes halogenated alkanes) is 1. The standard InChI is InChI=1S/C28H24ClN3O4/c29-19-12-9-17(10-13-19)27-22(6-2-4-8-26(33)34)30-23-15-18(11-14-21(23)31-27)28(35)32-24-16-36-25-7-3-1-5-20(24)25/h1,3,5,7,9-15,24H,2,4,6,8,16H2,(H,32,35)(H,33,34). The Morgan fingerprint density at radius 2 is 1.81 bits per heavy atom. The highest BCUT2D eigenvalue weighted by molar-refractivity contribution is 6.30.